The summed E-state index contributed by atoms with van der Waals surface area (Å²) in [6.07, 6.45) is -1.40. The molecule has 2 heterocycles. The Morgan fingerprint density at radius 1 is 1.07 bits per heavy atom. The van der Waals surface area contributed by atoms with Gasteiger partial charge in [0.15, 0.2) is 17.7 Å². The van der Waals surface area contributed by atoms with Gasteiger partial charge >= 0.3 is 12.0 Å². The van der Waals surface area contributed by atoms with E-state index < -0.39 is 52.1 Å². The molecule has 0 radical (unpaired) electrons. The van der Waals surface area contributed by atoms with Crippen molar-refractivity contribution in [2.45, 2.75) is 26.0 Å². The number of ether oxygens (including phenoxy) is 2. The fourth-order valence-electron chi connectivity index (χ4n) is 4.05. The minimum absolute atomic E-state index is 0.00686. The van der Waals surface area contributed by atoms with E-state index in [1.807, 2.05) is 12.1 Å². The summed E-state index contributed by atoms with van der Waals surface area (Å²) in [6, 6.07) is 11.9. The van der Waals surface area contributed by atoms with Gasteiger partial charge in [-0.05, 0) is 41.3 Å². The zero-order chi connectivity index (χ0) is 29.7. The third-order valence-electron chi connectivity index (χ3n) is 6.30. The molecule has 41 heavy (non-hydrogen) atoms. The maximum absolute atomic E-state index is 14.7. The molecule has 1 saturated heterocycles. The van der Waals surface area contributed by atoms with Crippen LogP contribution < -0.4 is 20.5 Å². The second kappa shape index (κ2) is 12.7. The lowest BCUT2D eigenvalue weighted by atomic mass is 10.0. The number of carbonyl (C=O) groups excluding carboxylic acids is 1. The molecule has 0 aliphatic carbocycles. The fourth-order valence-corrected chi connectivity index (χ4v) is 5.28. The van der Waals surface area contributed by atoms with E-state index in [4.69, 9.17) is 15.2 Å². The van der Waals surface area contributed by atoms with Gasteiger partial charge in [0, 0.05) is 37.5 Å². The van der Waals surface area contributed by atoms with Crippen LogP contribution in [-0.2, 0) is 11.3 Å². The van der Waals surface area contributed by atoms with Gasteiger partial charge in [0.1, 0.15) is 5.75 Å². The average molecular weight is 593 g/mol. The molecule has 2 aromatic carbocycles. The molecule has 1 fully saturated rings. The molecule has 1 aromatic heterocycles. The minimum Gasteiger partial charge on any atom is -0.479 e. The number of nitrogens with two attached hydrogens (primary N) is 1. The Kier molecular flexibility index (Phi) is 9.28. The number of nitrogens with zero attached hydrogens (tertiary/aromatic N) is 2. The predicted octanol–water partition coefficient (Wildman–Crippen LogP) is 5.12. The number of anilines is 1. The van der Waals surface area contributed by atoms with Crippen molar-refractivity contribution in [3.05, 3.63) is 65.7 Å². The number of urea groups is 1. The molecule has 220 valence electrons. The number of carbonyl (C=O) groups is 2. The second-order valence-corrected chi connectivity index (χ2v) is 11.7. The number of aromatic nitrogens is 1. The summed E-state index contributed by atoms with van der Waals surface area (Å²) in [5.41, 5.74) is 8.17. The first-order valence-electron chi connectivity index (χ1n) is 12.7. The van der Waals surface area contributed by atoms with Crippen LogP contribution in [0.2, 0.25) is 0 Å². The van der Waals surface area contributed by atoms with Crippen LogP contribution in [0.4, 0.5) is 19.3 Å². The van der Waals surface area contributed by atoms with Crippen LogP contribution in [0.5, 0.6) is 17.5 Å². The number of pyridine rings is 1. The van der Waals surface area contributed by atoms with Gasteiger partial charge in [-0.25, -0.2) is 18.4 Å². The third-order valence-corrected chi connectivity index (χ3v) is 7.97. The number of carboxylic acid groups (broad SMARTS) is 1. The Balaban J connectivity index is 1.67. The molecule has 6 N–H and O–H groups in total. The van der Waals surface area contributed by atoms with E-state index in [0.29, 0.717) is 17.2 Å². The Morgan fingerprint density at radius 3 is 2.44 bits per heavy atom. The molecule has 1 aliphatic rings. The summed E-state index contributed by atoms with van der Waals surface area (Å²) >= 11 is 0. The third kappa shape index (κ3) is 7.61. The lowest BCUT2D eigenvalue weighted by Gasteiger charge is -2.40. The fraction of sp³-hybridized carbons (Fsp3) is 0.296. The SMILES string of the molecule is CCC(Oc1nc(Oc2cc(NC(=O)N3CCS(O)(O)CC3)cc(-c3cccc(CN)c3)c2)c(F)cc1F)C(=O)O. The van der Waals surface area contributed by atoms with Gasteiger partial charge in [0.05, 0.1) is 11.5 Å². The van der Waals surface area contributed by atoms with Gasteiger partial charge in [-0.3, -0.25) is 9.11 Å². The monoisotopic (exact) mass is 592 g/mol. The smallest absolute Gasteiger partial charge is 0.344 e. The van der Waals surface area contributed by atoms with Crippen LogP contribution in [0.25, 0.3) is 11.1 Å². The van der Waals surface area contributed by atoms with Crippen LogP contribution in [0.3, 0.4) is 0 Å². The average Bonchev–Trinajstić information content (AvgIpc) is 2.93. The van der Waals surface area contributed by atoms with E-state index in [0.717, 1.165) is 5.56 Å². The highest BCUT2D eigenvalue weighted by atomic mass is 32.3. The molecule has 14 heteroatoms. The minimum atomic E-state index is -2.70. The number of aliphatic carboxylic acids is 1. The maximum atomic E-state index is 14.7. The van der Waals surface area contributed by atoms with Crippen LogP contribution in [0.1, 0.15) is 18.9 Å². The number of carboxylic acids is 1. The van der Waals surface area contributed by atoms with Gasteiger partial charge < -0.3 is 30.5 Å². The van der Waals surface area contributed by atoms with Gasteiger partial charge in [0.25, 0.3) is 11.8 Å². The van der Waals surface area contributed by atoms with E-state index >= 15 is 0 Å². The van der Waals surface area contributed by atoms with Crippen LogP contribution in [-0.4, -0.2) is 66.8 Å². The van der Waals surface area contributed by atoms with Crippen LogP contribution in [0, 0.1) is 11.6 Å². The van der Waals surface area contributed by atoms with E-state index in [-0.39, 0.29) is 49.0 Å². The number of nitrogens with one attached hydrogen (secondary N) is 1. The van der Waals surface area contributed by atoms with Crippen molar-refractivity contribution < 1.29 is 42.1 Å². The molecule has 0 saturated carbocycles. The van der Waals surface area contributed by atoms with Gasteiger partial charge in [-0.2, -0.15) is 15.6 Å². The first-order chi connectivity index (χ1) is 19.5. The lowest BCUT2D eigenvalue weighted by Crippen LogP contribution is -2.44. The van der Waals surface area contributed by atoms with Gasteiger partial charge in [0.2, 0.25) is 0 Å². The first-order valence-corrected chi connectivity index (χ1v) is 14.5. The number of hydrogen-bond donors (Lipinski definition) is 5. The summed E-state index contributed by atoms with van der Waals surface area (Å²) in [5, 5.41) is 12.0. The molecule has 11 nitrogen and oxygen atoms in total. The lowest BCUT2D eigenvalue weighted by molar-refractivity contribution is -0.145. The van der Waals surface area contributed by atoms with Gasteiger partial charge in [-0.15, -0.1) is 0 Å². The highest BCUT2D eigenvalue weighted by Gasteiger charge is 2.26. The number of halogens is 2. The highest BCUT2D eigenvalue weighted by molar-refractivity contribution is 8.24. The zero-order valence-electron chi connectivity index (χ0n) is 22.0. The van der Waals surface area contributed by atoms with Crippen molar-refractivity contribution in [2.75, 3.05) is 29.9 Å². The molecule has 0 spiro atoms. The number of hydrogen-bond acceptors (Lipinski definition) is 8. The topological polar surface area (TPSA) is 167 Å². The van der Waals surface area contributed by atoms with Crippen molar-refractivity contribution in [3.63, 3.8) is 0 Å². The normalized spacial score (nSPS) is 16.0. The maximum Gasteiger partial charge on any atom is 0.344 e. The van der Waals surface area contributed by atoms with E-state index in [9.17, 15) is 32.6 Å². The van der Waals surface area contributed by atoms with Crippen molar-refractivity contribution in [1.82, 2.24) is 9.88 Å². The van der Waals surface area contributed by atoms with Crippen molar-refractivity contribution >= 4 is 28.3 Å². The summed E-state index contributed by atoms with van der Waals surface area (Å²) < 4.78 is 59.5. The van der Waals surface area contributed by atoms with E-state index in [1.54, 1.807) is 24.3 Å². The number of amides is 2. The quantitative estimate of drug-likeness (QED) is 0.227. The number of rotatable bonds is 9. The summed E-state index contributed by atoms with van der Waals surface area (Å²) in [6.45, 7) is 2.11. The molecule has 0 bridgehead atoms. The molecule has 1 aliphatic heterocycles. The first kappa shape index (κ1) is 30.0. The van der Waals surface area contributed by atoms with E-state index in [2.05, 4.69) is 10.3 Å². The molecule has 1 atom stereocenters. The van der Waals surface area contributed by atoms with Crippen molar-refractivity contribution in [1.29, 1.82) is 0 Å². The summed E-state index contributed by atoms with van der Waals surface area (Å²) in [7, 11) is -2.70. The summed E-state index contributed by atoms with van der Waals surface area (Å²) in [4.78, 5) is 29.4. The predicted molar refractivity (Wildman–Crippen MR) is 150 cm³/mol. The second-order valence-electron chi connectivity index (χ2n) is 9.30. The molecular weight excluding hydrogens is 562 g/mol. The van der Waals surface area contributed by atoms with Crippen LogP contribution in [0.15, 0.2) is 48.5 Å². The Labute approximate surface area is 236 Å². The number of benzene rings is 2. The standard InChI is InChI=1S/C27H30F2N4O7S/c1-2-23(26(34)35)40-25-22(29)14-21(28)24(32-25)39-20-12-18(17-5-3-4-16(10-17)15-30)11-19(13-20)31-27(36)33-6-8-41(37,38)9-7-33/h3-5,10-14,23,37-38H,2,6-9,15,30H2,1H3,(H,31,36)(H,34,35). The molecule has 3 aromatic rings. The van der Waals surface area contributed by atoms with Crippen molar-refractivity contribution in [2.24, 2.45) is 5.73 Å². The Morgan fingerprint density at radius 2 is 1.78 bits per heavy atom. The van der Waals surface area contributed by atoms with Crippen molar-refractivity contribution in [3.8, 4) is 28.6 Å². The molecule has 4 rings (SSSR count). The summed E-state index contributed by atoms with van der Waals surface area (Å²) in [5.74, 6) is -4.95. The zero-order valence-corrected chi connectivity index (χ0v) is 22.9. The van der Waals surface area contributed by atoms with Gasteiger partial charge in [-0.1, -0.05) is 25.1 Å². The largest absolute Gasteiger partial charge is 0.479 e. The molecule has 1 unspecified atom stereocenters. The van der Waals surface area contributed by atoms with E-state index in [1.165, 1.54) is 17.9 Å². The molecule has 2 amide bonds. The Hall–Kier alpha value is -3.98. The Bertz CT molecular complexity index is 1430. The molecular formula is C27H30F2N4O7S. The van der Waals surface area contributed by atoms with Crippen LogP contribution >= 0.6 is 10.6 Å². The highest BCUT2D eigenvalue weighted by Crippen LogP contribution is 2.40.